The second-order valence-corrected chi connectivity index (χ2v) is 19.1. The molecule has 8 heteroatoms. The van der Waals surface area contributed by atoms with Gasteiger partial charge in [0.05, 0.1) is 14.2 Å². The fourth-order valence-electron chi connectivity index (χ4n) is 9.40. The molecule has 1 aliphatic heterocycles. The van der Waals surface area contributed by atoms with Gasteiger partial charge in [-0.05, 0) is 101 Å². The SMILES string of the molecule is CCCCCCCCC(CCCCCCCC)CN(C(=O)CCCCCCCCCCCCCCCC(=O)OC)C(CC1CCN(C)CC1)C(=O)NCCc1ccc(OC)cc1. The summed E-state index contributed by atoms with van der Waals surface area (Å²) < 4.78 is 10.1. The minimum absolute atomic E-state index is 0.0437. The molecular formula is C54H97N3O5. The molecule has 2 amide bonds. The number of piperidine rings is 1. The highest BCUT2D eigenvalue weighted by Gasteiger charge is 2.34. The van der Waals surface area contributed by atoms with Crippen LogP contribution in [0.4, 0.5) is 0 Å². The fraction of sp³-hybridized carbons (Fsp3) is 0.833. The van der Waals surface area contributed by atoms with Crippen LogP contribution >= 0.6 is 0 Å². The monoisotopic (exact) mass is 868 g/mol. The van der Waals surface area contributed by atoms with Crippen molar-refractivity contribution in [1.29, 1.82) is 0 Å². The predicted molar refractivity (Wildman–Crippen MR) is 261 cm³/mol. The summed E-state index contributed by atoms with van der Waals surface area (Å²) in [6.45, 7) is 7.97. The van der Waals surface area contributed by atoms with E-state index in [1.54, 1.807) is 7.11 Å². The van der Waals surface area contributed by atoms with Gasteiger partial charge >= 0.3 is 5.97 Å². The lowest BCUT2D eigenvalue weighted by molar-refractivity contribution is -0.142. The summed E-state index contributed by atoms with van der Waals surface area (Å²) in [4.78, 5) is 44.9. The summed E-state index contributed by atoms with van der Waals surface area (Å²) >= 11 is 0. The van der Waals surface area contributed by atoms with Crippen molar-refractivity contribution in [3.63, 3.8) is 0 Å². The van der Waals surface area contributed by atoms with E-state index in [1.165, 1.54) is 148 Å². The van der Waals surface area contributed by atoms with E-state index in [9.17, 15) is 14.4 Å². The highest BCUT2D eigenvalue weighted by Crippen LogP contribution is 2.28. The first-order valence-corrected chi connectivity index (χ1v) is 26.3. The van der Waals surface area contributed by atoms with Gasteiger partial charge in [-0.25, -0.2) is 0 Å². The molecule has 0 aromatic heterocycles. The summed E-state index contributed by atoms with van der Waals surface area (Å²) in [7, 11) is 5.35. The van der Waals surface area contributed by atoms with Gasteiger partial charge in [-0.1, -0.05) is 174 Å². The Bertz CT molecular complexity index is 1220. The van der Waals surface area contributed by atoms with Crippen LogP contribution in [0.15, 0.2) is 24.3 Å². The van der Waals surface area contributed by atoms with Crippen molar-refractivity contribution >= 4 is 17.8 Å². The third-order valence-electron chi connectivity index (χ3n) is 13.7. The van der Waals surface area contributed by atoms with Crippen molar-refractivity contribution in [3.8, 4) is 5.75 Å². The lowest BCUT2D eigenvalue weighted by Crippen LogP contribution is -2.52. The molecule has 1 heterocycles. The zero-order valence-electron chi connectivity index (χ0n) is 41.1. The quantitative estimate of drug-likeness (QED) is 0.0522. The van der Waals surface area contributed by atoms with Gasteiger partial charge in [0.15, 0.2) is 0 Å². The average molecular weight is 868 g/mol. The predicted octanol–water partition coefficient (Wildman–Crippen LogP) is 13.4. The molecule has 1 fully saturated rings. The molecular weight excluding hydrogens is 771 g/mol. The van der Waals surface area contributed by atoms with Gasteiger partial charge in [0.2, 0.25) is 11.8 Å². The Morgan fingerprint density at radius 2 is 1.13 bits per heavy atom. The number of likely N-dealkylation sites (tertiary alicyclic amines) is 1. The largest absolute Gasteiger partial charge is 0.497 e. The summed E-state index contributed by atoms with van der Waals surface area (Å²) in [5, 5.41) is 3.35. The zero-order chi connectivity index (χ0) is 44.9. The van der Waals surface area contributed by atoms with Crippen LogP contribution in [0.2, 0.25) is 0 Å². The number of carbonyl (C=O) groups excluding carboxylic acids is 3. The Hall–Kier alpha value is -2.61. The van der Waals surface area contributed by atoms with Crippen molar-refractivity contribution in [1.82, 2.24) is 15.1 Å². The molecule has 2 rings (SSSR count). The number of unbranched alkanes of at least 4 members (excludes halogenated alkanes) is 22. The molecule has 1 unspecified atom stereocenters. The van der Waals surface area contributed by atoms with Crippen LogP contribution in [0.1, 0.15) is 225 Å². The molecule has 0 radical (unpaired) electrons. The Balaban J connectivity index is 2.08. The van der Waals surface area contributed by atoms with Crippen LogP contribution in [-0.2, 0) is 25.5 Å². The molecule has 1 N–H and O–H groups in total. The molecule has 358 valence electrons. The minimum atomic E-state index is -0.414. The third kappa shape index (κ3) is 27.5. The number of nitrogens with one attached hydrogen (secondary N) is 1. The Morgan fingerprint density at radius 1 is 0.661 bits per heavy atom. The van der Waals surface area contributed by atoms with Crippen molar-refractivity contribution in [2.24, 2.45) is 11.8 Å². The van der Waals surface area contributed by atoms with Crippen molar-refractivity contribution < 1.29 is 23.9 Å². The Morgan fingerprint density at radius 3 is 1.61 bits per heavy atom. The molecule has 1 atom stereocenters. The number of hydrogen-bond acceptors (Lipinski definition) is 6. The van der Waals surface area contributed by atoms with E-state index < -0.39 is 6.04 Å². The van der Waals surface area contributed by atoms with Crippen molar-refractivity contribution in [3.05, 3.63) is 29.8 Å². The summed E-state index contributed by atoms with van der Waals surface area (Å²) in [6, 6.07) is 7.71. The molecule has 0 saturated carbocycles. The van der Waals surface area contributed by atoms with Gasteiger partial charge in [-0.3, -0.25) is 14.4 Å². The lowest BCUT2D eigenvalue weighted by atomic mass is 9.88. The topological polar surface area (TPSA) is 88.2 Å². The maximum Gasteiger partial charge on any atom is 0.305 e. The summed E-state index contributed by atoms with van der Waals surface area (Å²) in [6.07, 6.45) is 37.9. The van der Waals surface area contributed by atoms with Crippen LogP contribution in [0, 0.1) is 11.8 Å². The van der Waals surface area contributed by atoms with Crippen molar-refractivity contribution in [2.45, 2.75) is 232 Å². The number of ether oxygens (including phenoxy) is 2. The van der Waals surface area contributed by atoms with E-state index >= 15 is 0 Å². The fourth-order valence-corrected chi connectivity index (χ4v) is 9.40. The molecule has 1 saturated heterocycles. The number of amides is 2. The van der Waals surface area contributed by atoms with E-state index in [2.05, 4.69) is 48.1 Å². The van der Waals surface area contributed by atoms with Crippen LogP contribution in [0.25, 0.3) is 0 Å². The average Bonchev–Trinajstić information content (AvgIpc) is 3.28. The van der Waals surface area contributed by atoms with Gasteiger partial charge in [-0.2, -0.15) is 0 Å². The standard InChI is InChI=1S/C54H97N3O5/c1-6-8-10-12-23-27-31-49(32-28-24-13-11-9-7-2)46-57(52(58)33-29-25-21-19-17-15-14-16-18-20-22-26-30-34-53(59)62-5)51(45-48-40-43-56(3)44-41-48)54(60)55-42-39-47-35-37-50(61-4)38-36-47/h35-38,48-49,51H,6-34,39-46H2,1-5H3,(H,55,60). The number of benzene rings is 1. The van der Waals surface area contributed by atoms with Crippen LogP contribution in [0.5, 0.6) is 5.75 Å². The Labute approximate surface area is 382 Å². The first kappa shape index (κ1) is 55.5. The number of esters is 1. The highest BCUT2D eigenvalue weighted by atomic mass is 16.5. The normalized spacial score (nSPS) is 14.0. The van der Waals surface area contributed by atoms with Crippen LogP contribution in [-0.4, -0.2) is 81.1 Å². The molecule has 1 aliphatic rings. The second kappa shape index (κ2) is 37.7. The first-order valence-electron chi connectivity index (χ1n) is 26.3. The maximum atomic E-state index is 14.6. The van der Waals surface area contributed by atoms with Crippen LogP contribution in [0.3, 0.4) is 0 Å². The number of carbonyl (C=O) groups is 3. The molecule has 0 bridgehead atoms. The number of nitrogens with zero attached hydrogens (tertiary/aromatic N) is 2. The zero-order valence-corrected chi connectivity index (χ0v) is 41.1. The number of rotatable bonds is 40. The van der Waals surface area contributed by atoms with E-state index in [-0.39, 0.29) is 17.8 Å². The van der Waals surface area contributed by atoms with Gasteiger partial charge in [0.25, 0.3) is 0 Å². The molecule has 8 nitrogen and oxygen atoms in total. The summed E-state index contributed by atoms with van der Waals surface area (Å²) in [5.74, 6) is 1.88. The van der Waals surface area contributed by atoms with E-state index in [0.29, 0.717) is 31.2 Å². The van der Waals surface area contributed by atoms with Gasteiger partial charge in [0.1, 0.15) is 11.8 Å². The van der Waals surface area contributed by atoms with Crippen LogP contribution < -0.4 is 10.1 Å². The molecule has 0 aliphatic carbocycles. The van der Waals surface area contributed by atoms with Gasteiger partial charge in [0, 0.05) is 25.9 Å². The van der Waals surface area contributed by atoms with Gasteiger partial charge in [-0.15, -0.1) is 0 Å². The molecule has 1 aromatic carbocycles. The minimum Gasteiger partial charge on any atom is -0.497 e. The maximum absolute atomic E-state index is 14.6. The van der Waals surface area contributed by atoms with E-state index in [4.69, 9.17) is 9.47 Å². The van der Waals surface area contributed by atoms with E-state index in [1.807, 2.05) is 12.1 Å². The van der Waals surface area contributed by atoms with Gasteiger partial charge < -0.3 is 24.6 Å². The lowest BCUT2D eigenvalue weighted by Gasteiger charge is -2.38. The highest BCUT2D eigenvalue weighted by molar-refractivity contribution is 5.87. The first-order chi connectivity index (χ1) is 30.3. The molecule has 0 spiro atoms. The number of methoxy groups -OCH3 is 2. The third-order valence-corrected chi connectivity index (χ3v) is 13.7. The molecule has 1 aromatic rings. The van der Waals surface area contributed by atoms with Crippen molar-refractivity contribution in [2.75, 3.05) is 47.4 Å². The Kier molecular flexibility index (Phi) is 33.8. The molecule has 62 heavy (non-hydrogen) atoms. The summed E-state index contributed by atoms with van der Waals surface area (Å²) in [5.41, 5.74) is 1.17. The van der Waals surface area contributed by atoms with E-state index in [0.717, 1.165) is 89.6 Å². The number of hydrogen-bond donors (Lipinski definition) is 1. The smallest absolute Gasteiger partial charge is 0.305 e. The second-order valence-electron chi connectivity index (χ2n) is 19.1.